The van der Waals surface area contributed by atoms with Crippen molar-refractivity contribution in [1.29, 1.82) is 0 Å². The number of benzene rings is 3. The first-order valence-electron chi connectivity index (χ1n) is 6.04. The fraction of sp³-hybridized carbons (Fsp3) is 0. The van der Waals surface area contributed by atoms with Crippen LogP contribution in [-0.2, 0) is 0 Å². The monoisotopic (exact) mass is 310 g/mol. The van der Waals surface area contributed by atoms with Gasteiger partial charge in [0.15, 0.2) is 5.78 Å². The number of carbonyl (C=O) groups is 1. The van der Waals surface area contributed by atoms with E-state index >= 15 is 0 Å². The Bertz CT molecular complexity index is 757. The Labute approximate surface area is 120 Å². The molecule has 0 saturated carbocycles. The van der Waals surface area contributed by atoms with Crippen molar-refractivity contribution in [2.45, 2.75) is 0 Å². The summed E-state index contributed by atoms with van der Waals surface area (Å²) in [5, 5.41) is 2.08. The molecule has 0 amide bonds. The first-order valence-corrected chi connectivity index (χ1v) is 6.83. The van der Waals surface area contributed by atoms with Gasteiger partial charge in [-0.25, -0.2) is 0 Å². The number of carbonyl (C=O) groups excluding carboxylic acids is 1. The smallest absolute Gasteiger partial charge is 0.194 e. The Morgan fingerprint density at radius 3 is 2.21 bits per heavy atom. The van der Waals surface area contributed by atoms with Crippen LogP contribution in [0.1, 0.15) is 15.9 Å². The molecule has 0 atom stereocenters. The van der Waals surface area contributed by atoms with Gasteiger partial charge in [0.1, 0.15) is 0 Å². The molecular formula is C17H11BrO. The molecule has 1 nitrogen and oxygen atoms in total. The normalized spacial score (nSPS) is 10.6. The molecule has 0 spiro atoms. The molecule has 0 N–H and O–H groups in total. The van der Waals surface area contributed by atoms with Gasteiger partial charge >= 0.3 is 0 Å². The van der Waals surface area contributed by atoms with Crippen molar-refractivity contribution >= 4 is 32.5 Å². The molecule has 0 aromatic heterocycles. The summed E-state index contributed by atoms with van der Waals surface area (Å²) in [5.74, 6) is 0.0456. The second-order valence-electron chi connectivity index (χ2n) is 4.34. The zero-order valence-electron chi connectivity index (χ0n) is 10.1. The summed E-state index contributed by atoms with van der Waals surface area (Å²) < 4.78 is 0.827. The van der Waals surface area contributed by atoms with Crippen LogP contribution in [0.3, 0.4) is 0 Å². The molecular weight excluding hydrogens is 300 g/mol. The minimum atomic E-state index is 0.0456. The van der Waals surface area contributed by atoms with Crippen LogP contribution in [0.4, 0.5) is 0 Å². The molecule has 0 unspecified atom stereocenters. The summed E-state index contributed by atoms with van der Waals surface area (Å²) >= 11 is 3.44. The van der Waals surface area contributed by atoms with Gasteiger partial charge in [0.2, 0.25) is 0 Å². The maximum absolute atomic E-state index is 12.7. The maximum Gasteiger partial charge on any atom is 0.194 e. The van der Waals surface area contributed by atoms with Gasteiger partial charge in [0, 0.05) is 15.6 Å². The van der Waals surface area contributed by atoms with Crippen molar-refractivity contribution in [3.05, 3.63) is 82.3 Å². The second kappa shape index (κ2) is 4.98. The third kappa shape index (κ3) is 2.20. The van der Waals surface area contributed by atoms with E-state index in [0.717, 1.165) is 20.8 Å². The first kappa shape index (κ1) is 12.1. The van der Waals surface area contributed by atoms with E-state index in [1.165, 1.54) is 0 Å². The third-order valence-corrected chi connectivity index (χ3v) is 3.84. The molecule has 0 heterocycles. The van der Waals surface area contributed by atoms with Crippen LogP contribution in [0, 0.1) is 0 Å². The highest BCUT2D eigenvalue weighted by atomic mass is 79.9. The molecule has 2 heteroatoms. The van der Waals surface area contributed by atoms with Crippen molar-refractivity contribution in [1.82, 2.24) is 0 Å². The van der Waals surface area contributed by atoms with E-state index in [-0.39, 0.29) is 5.78 Å². The van der Waals surface area contributed by atoms with Crippen molar-refractivity contribution in [3.8, 4) is 0 Å². The standard InChI is InChI=1S/C17H11BrO/c18-16-11-4-3-9-15(16)17(19)14-10-5-7-12-6-1-2-8-13(12)14/h1-11H. The van der Waals surface area contributed by atoms with Gasteiger partial charge in [0.05, 0.1) is 0 Å². The lowest BCUT2D eigenvalue weighted by Crippen LogP contribution is -2.02. The summed E-state index contributed by atoms with van der Waals surface area (Å²) in [6.07, 6.45) is 0. The van der Waals surface area contributed by atoms with Crippen LogP contribution >= 0.6 is 15.9 Å². The SMILES string of the molecule is O=C(c1ccccc1Br)c1cccc2ccccc12. The average Bonchev–Trinajstić information content (AvgIpc) is 2.46. The molecule has 0 fully saturated rings. The van der Waals surface area contributed by atoms with Crippen LogP contribution in [0.2, 0.25) is 0 Å². The first-order chi connectivity index (χ1) is 9.27. The van der Waals surface area contributed by atoms with Gasteiger partial charge in [-0.2, -0.15) is 0 Å². The zero-order chi connectivity index (χ0) is 13.2. The van der Waals surface area contributed by atoms with Crippen LogP contribution in [-0.4, -0.2) is 5.78 Å². The average molecular weight is 311 g/mol. The minimum Gasteiger partial charge on any atom is -0.289 e. The van der Waals surface area contributed by atoms with Gasteiger partial charge in [0.25, 0.3) is 0 Å². The number of halogens is 1. The number of rotatable bonds is 2. The summed E-state index contributed by atoms with van der Waals surface area (Å²) in [5.41, 5.74) is 1.43. The Balaban J connectivity index is 2.20. The van der Waals surface area contributed by atoms with Crippen LogP contribution in [0.5, 0.6) is 0 Å². The number of hydrogen-bond donors (Lipinski definition) is 0. The van der Waals surface area contributed by atoms with Crippen molar-refractivity contribution < 1.29 is 4.79 Å². The van der Waals surface area contributed by atoms with E-state index in [2.05, 4.69) is 15.9 Å². The minimum absolute atomic E-state index is 0.0456. The van der Waals surface area contributed by atoms with Crippen molar-refractivity contribution in [2.24, 2.45) is 0 Å². The van der Waals surface area contributed by atoms with Crippen LogP contribution in [0.25, 0.3) is 10.8 Å². The van der Waals surface area contributed by atoms with E-state index in [9.17, 15) is 4.79 Å². The molecule has 19 heavy (non-hydrogen) atoms. The van der Waals surface area contributed by atoms with Gasteiger partial charge in [-0.1, -0.05) is 70.5 Å². The predicted octanol–water partition coefficient (Wildman–Crippen LogP) is 4.83. The summed E-state index contributed by atoms with van der Waals surface area (Å²) in [6, 6.07) is 21.3. The van der Waals surface area contributed by atoms with Gasteiger partial charge < -0.3 is 0 Å². The Morgan fingerprint density at radius 1 is 0.737 bits per heavy atom. The molecule has 0 bridgehead atoms. The summed E-state index contributed by atoms with van der Waals surface area (Å²) in [4.78, 5) is 12.7. The molecule has 0 aliphatic rings. The molecule has 0 aliphatic heterocycles. The van der Waals surface area contributed by atoms with Crippen molar-refractivity contribution in [3.63, 3.8) is 0 Å². The molecule has 0 aliphatic carbocycles. The van der Waals surface area contributed by atoms with E-state index in [0.29, 0.717) is 5.56 Å². The fourth-order valence-electron chi connectivity index (χ4n) is 2.21. The van der Waals surface area contributed by atoms with Gasteiger partial charge in [-0.05, 0) is 22.9 Å². The molecule has 92 valence electrons. The van der Waals surface area contributed by atoms with Crippen LogP contribution < -0.4 is 0 Å². The summed E-state index contributed by atoms with van der Waals surface area (Å²) in [6.45, 7) is 0. The fourth-order valence-corrected chi connectivity index (χ4v) is 2.68. The van der Waals surface area contributed by atoms with E-state index < -0.39 is 0 Å². The molecule has 0 radical (unpaired) electrons. The Hall–Kier alpha value is -1.93. The lowest BCUT2D eigenvalue weighted by atomic mass is 9.97. The summed E-state index contributed by atoms with van der Waals surface area (Å²) in [7, 11) is 0. The van der Waals surface area contributed by atoms with Gasteiger partial charge in [-0.3, -0.25) is 4.79 Å². The number of fused-ring (bicyclic) bond motifs is 1. The highest BCUT2D eigenvalue weighted by Gasteiger charge is 2.14. The lowest BCUT2D eigenvalue weighted by molar-refractivity contribution is 0.103. The Morgan fingerprint density at radius 2 is 1.37 bits per heavy atom. The molecule has 3 aromatic rings. The quantitative estimate of drug-likeness (QED) is 0.619. The van der Waals surface area contributed by atoms with Crippen molar-refractivity contribution in [2.75, 3.05) is 0 Å². The highest BCUT2D eigenvalue weighted by molar-refractivity contribution is 9.10. The molecule has 3 aromatic carbocycles. The molecule has 0 saturated heterocycles. The topological polar surface area (TPSA) is 17.1 Å². The lowest BCUT2D eigenvalue weighted by Gasteiger charge is -2.07. The Kier molecular flexibility index (Phi) is 3.18. The highest BCUT2D eigenvalue weighted by Crippen LogP contribution is 2.24. The number of ketones is 1. The van der Waals surface area contributed by atoms with Gasteiger partial charge in [-0.15, -0.1) is 0 Å². The molecule has 3 rings (SSSR count). The van der Waals surface area contributed by atoms with E-state index in [4.69, 9.17) is 0 Å². The zero-order valence-corrected chi connectivity index (χ0v) is 11.7. The van der Waals surface area contributed by atoms with E-state index in [1.54, 1.807) is 0 Å². The van der Waals surface area contributed by atoms with E-state index in [1.807, 2.05) is 66.7 Å². The van der Waals surface area contributed by atoms with Crippen LogP contribution in [0.15, 0.2) is 71.2 Å². The third-order valence-electron chi connectivity index (χ3n) is 3.15. The maximum atomic E-state index is 12.7. The number of hydrogen-bond acceptors (Lipinski definition) is 1. The predicted molar refractivity (Wildman–Crippen MR) is 81.5 cm³/mol. The largest absolute Gasteiger partial charge is 0.289 e. The second-order valence-corrected chi connectivity index (χ2v) is 5.19.